The van der Waals surface area contributed by atoms with Crippen LogP contribution in [-0.4, -0.2) is 9.13 Å². The van der Waals surface area contributed by atoms with Crippen LogP contribution in [-0.2, 0) is 0 Å². The SMILES string of the molecule is c1ccc(-c2cccc3c2c2cc(-n4c5ccccc5c5cc(S(c6ccccc6)(c6ccccc6)c6ccccc6)ccc54)ccc2n3-c2ccccc2)cc1. The lowest BCUT2D eigenvalue weighted by molar-refractivity contribution is 1.16. The van der Waals surface area contributed by atoms with E-state index in [1.165, 1.54) is 74.3 Å². The second kappa shape index (κ2) is 13.6. The standard InChI is InChI=1S/C54H38N2S/c1-6-19-39(20-7-1)46-30-18-32-53-54(46)49-37-41(33-35-52(49)55(53)40-21-8-2-9-22-40)56-50-31-17-16-29-47(50)48-38-45(34-36-51(48)56)57(42-23-10-3-11-24-42,43-25-12-4-13-26-43)44-27-14-5-15-28-44/h1-38H. The number of hydrogen-bond donors (Lipinski definition) is 0. The fraction of sp³-hybridized carbons (Fsp3) is 0. The molecule has 0 spiro atoms. The highest BCUT2D eigenvalue weighted by Gasteiger charge is 2.33. The minimum Gasteiger partial charge on any atom is -0.309 e. The fourth-order valence-electron chi connectivity index (χ4n) is 9.02. The van der Waals surface area contributed by atoms with Gasteiger partial charge in [-0.2, -0.15) is 0 Å². The summed E-state index contributed by atoms with van der Waals surface area (Å²) in [7, 11) is -1.85. The largest absolute Gasteiger partial charge is 0.309 e. The second-order valence-corrected chi connectivity index (χ2v) is 17.6. The molecule has 0 amide bonds. The van der Waals surface area contributed by atoms with Crippen molar-refractivity contribution in [3.05, 3.63) is 231 Å². The normalized spacial score (nSPS) is 12.1. The van der Waals surface area contributed by atoms with Crippen molar-refractivity contribution in [1.82, 2.24) is 9.13 Å². The summed E-state index contributed by atoms with van der Waals surface area (Å²) in [5, 5.41) is 4.98. The van der Waals surface area contributed by atoms with Crippen molar-refractivity contribution >= 4 is 53.6 Å². The van der Waals surface area contributed by atoms with Gasteiger partial charge in [0.1, 0.15) is 0 Å². The van der Waals surface area contributed by atoms with Gasteiger partial charge in [0.15, 0.2) is 0 Å². The maximum atomic E-state index is 2.49. The Labute approximate surface area is 333 Å². The molecular formula is C54H38N2S. The summed E-state index contributed by atoms with van der Waals surface area (Å²) in [6.45, 7) is 0. The molecule has 2 nitrogen and oxygen atoms in total. The number of nitrogens with zero attached hydrogens (tertiary/aromatic N) is 2. The highest BCUT2D eigenvalue weighted by atomic mass is 32.3. The molecule has 0 unspecified atom stereocenters. The van der Waals surface area contributed by atoms with Crippen LogP contribution < -0.4 is 0 Å². The number of hydrogen-bond acceptors (Lipinski definition) is 0. The smallest absolute Gasteiger partial charge is 0.0547 e. The van der Waals surface area contributed by atoms with Crippen molar-refractivity contribution in [2.24, 2.45) is 0 Å². The molecule has 0 aliphatic rings. The molecule has 0 bridgehead atoms. The Hall–Kier alpha value is -7.07. The van der Waals surface area contributed by atoms with Gasteiger partial charge in [-0.25, -0.2) is 0 Å². The van der Waals surface area contributed by atoms with E-state index in [0.29, 0.717) is 0 Å². The molecule has 0 N–H and O–H groups in total. The molecule has 0 aliphatic heterocycles. The third-order valence-electron chi connectivity index (χ3n) is 11.4. The number of fused-ring (bicyclic) bond motifs is 6. The Bertz CT molecular complexity index is 3110. The first-order valence-electron chi connectivity index (χ1n) is 19.5. The summed E-state index contributed by atoms with van der Waals surface area (Å²) in [5.41, 5.74) is 9.52. The van der Waals surface area contributed by atoms with Crippen molar-refractivity contribution in [1.29, 1.82) is 0 Å². The molecule has 11 rings (SSSR count). The van der Waals surface area contributed by atoms with E-state index in [1.807, 2.05) is 0 Å². The van der Waals surface area contributed by atoms with Gasteiger partial charge in [-0.3, -0.25) is 0 Å². The van der Waals surface area contributed by atoms with Gasteiger partial charge in [0, 0.05) is 52.5 Å². The molecule has 9 aromatic carbocycles. The monoisotopic (exact) mass is 746 g/mol. The molecule has 270 valence electrons. The molecular weight excluding hydrogens is 709 g/mol. The van der Waals surface area contributed by atoms with E-state index in [-0.39, 0.29) is 0 Å². The molecule has 0 atom stereocenters. The van der Waals surface area contributed by atoms with Gasteiger partial charge >= 0.3 is 0 Å². The van der Waals surface area contributed by atoms with Gasteiger partial charge in [-0.05, 0) is 108 Å². The van der Waals surface area contributed by atoms with Gasteiger partial charge in [-0.15, -0.1) is 10.0 Å². The molecule has 0 fully saturated rings. The molecule has 0 saturated heterocycles. The lowest BCUT2D eigenvalue weighted by atomic mass is 9.99. The highest BCUT2D eigenvalue weighted by molar-refractivity contribution is 8.34. The molecule has 57 heavy (non-hydrogen) atoms. The van der Waals surface area contributed by atoms with E-state index in [0.717, 1.165) is 11.4 Å². The molecule has 11 aromatic rings. The Morgan fingerprint density at radius 1 is 0.281 bits per heavy atom. The van der Waals surface area contributed by atoms with Crippen LogP contribution >= 0.6 is 10.0 Å². The average molecular weight is 747 g/mol. The average Bonchev–Trinajstić information content (AvgIpc) is 3.81. The number of rotatable bonds is 7. The van der Waals surface area contributed by atoms with Crippen LogP contribution in [0.25, 0.3) is 66.1 Å². The molecule has 2 heterocycles. The molecule has 3 heteroatoms. The molecule has 0 radical (unpaired) electrons. The summed E-state index contributed by atoms with van der Waals surface area (Å²) >= 11 is 0. The van der Waals surface area contributed by atoms with Gasteiger partial charge in [0.2, 0.25) is 0 Å². The van der Waals surface area contributed by atoms with Crippen LogP contribution in [0.3, 0.4) is 0 Å². The zero-order valence-corrected chi connectivity index (χ0v) is 32.1. The van der Waals surface area contributed by atoms with E-state index in [4.69, 9.17) is 0 Å². The predicted octanol–water partition coefficient (Wildman–Crippen LogP) is 14.9. The Balaban J connectivity index is 1.20. The first-order valence-corrected chi connectivity index (χ1v) is 21.1. The van der Waals surface area contributed by atoms with Crippen LogP contribution in [0.4, 0.5) is 0 Å². The van der Waals surface area contributed by atoms with E-state index < -0.39 is 10.0 Å². The fourth-order valence-corrected chi connectivity index (χ4v) is 12.9. The predicted molar refractivity (Wildman–Crippen MR) is 241 cm³/mol. The zero-order valence-electron chi connectivity index (χ0n) is 31.2. The Morgan fingerprint density at radius 2 is 0.772 bits per heavy atom. The lowest BCUT2D eigenvalue weighted by Crippen LogP contribution is -2.05. The van der Waals surface area contributed by atoms with Crippen molar-refractivity contribution in [3.63, 3.8) is 0 Å². The maximum Gasteiger partial charge on any atom is 0.0547 e. The first-order chi connectivity index (χ1) is 28.3. The first kappa shape index (κ1) is 33.3. The summed E-state index contributed by atoms with van der Waals surface area (Å²) in [5.74, 6) is 0. The van der Waals surface area contributed by atoms with Gasteiger partial charge in [-0.1, -0.05) is 133 Å². The summed E-state index contributed by atoms with van der Waals surface area (Å²) in [4.78, 5) is 5.27. The minimum absolute atomic E-state index is 1.14. The highest BCUT2D eigenvalue weighted by Crippen LogP contribution is 2.73. The van der Waals surface area contributed by atoms with Crippen molar-refractivity contribution in [3.8, 4) is 22.5 Å². The topological polar surface area (TPSA) is 9.86 Å². The van der Waals surface area contributed by atoms with Crippen molar-refractivity contribution < 1.29 is 0 Å². The van der Waals surface area contributed by atoms with Gasteiger partial charge in [0.25, 0.3) is 0 Å². The molecule has 0 aliphatic carbocycles. The minimum atomic E-state index is -1.85. The number of para-hydroxylation sites is 2. The second-order valence-electron chi connectivity index (χ2n) is 14.5. The lowest BCUT2D eigenvalue weighted by Gasteiger charge is -2.42. The van der Waals surface area contributed by atoms with E-state index in [9.17, 15) is 0 Å². The quantitative estimate of drug-likeness (QED) is 0.154. The van der Waals surface area contributed by atoms with Gasteiger partial charge in [0.05, 0.1) is 22.1 Å². The zero-order chi connectivity index (χ0) is 37.8. The summed E-state index contributed by atoms with van der Waals surface area (Å²) in [6.07, 6.45) is 0. The summed E-state index contributed by atoms with van der Waals surface area (Å²) < 4.78 is 4.88. The van der Waals surface area contributed by atoms with E-state index >= 15 is 0 Å². The van der Waals surface area contributed by atoms with E-state index in [1.54, 1.807) is 0 Å². The van der Waals surface area contributed by atoms with Crippen LogP contribution in [0.1, 0.15) is 0 Å². The van der Waals surface area contributed by atoms with Crippen LogP contribution in [0, 0.1) is 0 Å². The Kier molecular flexibility index (Phi) is 7.94. The number of aromatic nitrogens is 2. The van der Waals surface area contributed by atoms with Crippen molar-refractivity contribution in [2.45, 2.75) is 19.6 Å². The maximum absolute atomic E-state index is 2.49. The Morgan fingerprint density at radius 3 is 1.42 bits per heavy atom. The number of benzene rings is 9. The van der Waals surface area contributed by atoms with Crippen molar-refractivity contribution in [2.75, 3.05) is 0 Å². The van der Waals surface area contributed by atoms with Crippen LogP contribution in [0.15, 0.2) is 250 Å². The summed E-state index contributed by atoms with van der Waals surface area (Å²) in [6, 6.07) is 84.8. The third-order valence-corrected chi connectivity index (χ3v) is 15.3. The van der Waals surface area contributed by atoms with Crippen LogP contribution in [0.5, 0.6) is 0 Å². The molecule has 0 saturated carbocycles. The van der Waals surface area contributed by atoms with E-state index in [2.05, 4.69) is 240 Å². The third kappa shape index (κ3) is 5.20. The molecule has 2 aromatic heterocycles. The van der Waals surface area contributed by atoms with Gasteiger partial charge < -0.3 is 9.13 Å². The van der Waals surface area contributed by atoms with Crippen LogP contribution in [0.2, 0.25) is 0 Å².